The van der Waals surface area contributed by atoms with Crippen molar-refractivity contribution in [1.29, 1.82) is 0 Å². The number of rotatable bonds is 5. The van der Waals surface area contributed by atoms with E-state index in [9.17, 15) is 4.79 Å². The number of fused-ring (bicyclic) bond motifs is 1. The van der Waals surface area contributed by atoms with Crippen LogP contribution < -0.4 is 10.2 Å². The first-order chi connectivity index (χ1) is 12.2. The van der Waals surface area contributed by atoms with Crippen LogP contribution in [0.15, 0.2) is 71.8 Å². The van der Waals surface area contributed by atoms with E-state index >= 15 is 0 Å². The van der Waals surface area contributed by atoms with Crippen molar-refractivity contribution in [3.63, 3.8) is 0 Å². The van der Waals surface area contributed by atoms with Gasteiger partial charge in [0.1, 0.15) is 5.75 Å². The van der Waals surface area contributed by atoms with Crippen molar-refractivity contribution in [2.75, 3.05) is 6.61 Å². The quantitative estimate of drug-likeness (QED) is 0.556. The zero-order valence-corrected chi connectivity index (χ0v) is 14.3. The molecule has 1 N–H and O–H groups in total. The number of hydrazone groups is 1. The summed E-state index contributed by atoms with van der Waals surface area (Å²) in [5.41, 5.74) is 4.88. The second-order valence-corrected chi connectivity index (χ2v) is 5.66. The molecule has 0 saturated heterocycles. The summed E-state index contributed by atoms with van der Waals surface area (Å²) in [7, 11) is 0. The van der Waals surface area contributed by atoms with E-state index in [-0.39, 0.29) is 5.91 Å². The summed E-state index contributed by atoms with van der Waals surface area (Å²) in [5, 5.41) is 6.55. The van der Waals surface area contributed by atoms with E-state index in [2.05, 4.69) is 34.8 Å². The lowest BCUT2D eigenvalue weighted by atomic mass is 10.0. The minimum absolute atomic E-state index is 0.247. The van der Waals surface area contributed by atoms with Crippen molar-refractivity contribution in [2.24, 2.45) is 5.10 Å². The topological polar surface area (TPSA) is 50.7 Å². The zero-order valence-electron chi connectivity index (χ0n) is 14.3. The van der Waals surface area contributed by atoms with Gasteiger partial charge < -0.3 is 4.74 Å². The zero-order chi connectivity index (χ0) is 17.6. The van der Waals surface area contributed by atoms with Gasteiger partial charge in [-0.2, -0.15) is 5.10 Å². The summed E-state index contributed by atoms with van der Waals surface area (Å²) in [6, 6.07) is 21.3. The fourth-order valence-electron chi connectivity index (χ4n) is 2.55. The molecule has 0 saturated carbocycles. The second kappa shape index (κ2) is 7.62. The Labute approximate surface area is 147 Å². The lowest BCUT2D eigenvalue weighted by molar-refractivity contribution is 0.0955. The molecule has 0 spiro atoms. The Kier molecular flexibility index (Phi) is 5.09. The Morgan fingerprint density at radius 2 is 1.64 bits per heavy atom. The summed E-state index contributed by atoms with van der Waals surface area (Å²) in [6.45, 7) is 4.40. The van der Waals surface area contributed by atoms with Crippen LogP contribution in [0.5, 0.6) is 5.75 Å². The third-order valence-electron chi connectivity index (χ3n) is 3.92. The number of nitrogens with zero attached hydrogens (tertiary/aromatic N) is 1. The smallest absolute Gasteiger partial charge is 0.271 e. The Bertz CT molecular complexity index is 915. The highest BCUT2D eigenvalue weighted by Crippen LogP contribution is 2.16. The van der Waals surface area contributed by atoms with Gasteiger partial charge in [0.2, 0.25) is 0 Å². The molecule has 1 amide bonds. The maximum Gasteiger partial charge on any atom is 0.271 e. The van der Waals surface area contributed by atoms with Crippen molar-refractivity contribution in [3.8, 4) is 5.75 Å². The largest absolute Gasteiger partial charge is 0.494 e. The second-order valence-electron chi connectivity index (χ2n) is 5.66. The predicted molar refractivity (Wildman–Crippen MR) is 101 cm³/mol. The van der Waals surface area contributed by atoms with Crippen LogP contribution in [0.3, 0.4) is 0 Å². The van der Waals surface area contributed by atoms with Gasteiger partial charge in [-0.3, -0.25) is 4.79 Å². The summed E-state index contributed by atoms with van der Waals surface area (Å²) < 4.78 is 5.37. The molecule has 4 heteroatoms. The molecule has 0 radical (unpaired) electrons. The lowest BCUT2D eigenvalue weighted by Gasteiger charge is -2.06. The van der Waals surface area contributed by atoms with Gasteiger partial charge in [0.05, 0.1) is 12.3 Å². The van der Waals surface area contributed by atoms with Gasteiger partial charge in [-0.25, -0.2) is 5.43 Å². The maximum absolute atomic E-state index is 12.2. The number of carbonyl (C=O) groups excluding carboxylic acids is 1. The van der Waals surface area contributed by atoms with Crippen LogP contribution in [0.2, 0.25) is 0 Å². The number of nitrogens with one attached hydrogen (secondary N) is 1. The minimum Gasteiger partial charge on any atom is -0.494 e. The molecule has 0 aliphatic heterocycles. The molecular formula is C21H20N2O2. The molecule has 3 aromatic rings. The highest BCUT2D eigenvalue weighted by Gasteiger charge is 2.06. The molecule has 3 rings (SSSR count). The number of benzene rings is 3. The van der Waals surface area contributed by atoms with Crippen LogP contribution in [0.4, 0.5) is 0 Å². The van der Waals surface area contributed by atoms with Crippen molar-refractivity contribution >= 4 is 22.4 Å². The van der Waals surface area contributed by atoms with Gasteiger partial charge in [-0.15, -0.1) is 0 Å². The average Bonchev–Trinajstić information content (AvgIpc) is 2.66. The number of carbonyl (C=O) groups is 1. The molecule has 0 heterocycles. The fraction of sp³-hybridized carbons (Fsp3) is 0.143. The summed E-state index contributed by atoms with van der Waals surface area (Å²) in [6.07, 6.45) is 0. The maximum atomic E-state index is 12.2. The Morgan fingerprint density at radius 3 is 2.36 bits per heavy atom. The number of hydrogen-bond donors (Lipinski definition) is 1. The normalized spacial score (nSPS) is 11.4. The summed E-state index contributed by atoms with van der Waals surface area (Å²) in [4.78, 5) is 12.2. The summed E-state index contributed by atoms with van der Waals surface area (Å²) >= 11 is 0. The SMILES string of the molecule is CCOc1ccc(C(=O)NN=C(C)c2ccc3ccccc3c2)cc1. The minimum atomic E-state index is -0.247. The number of hydrogen-bond acceptors (Lipinski definition) is 3. The van der Waals surface area contributed by atoms with Gasteiger partial charge in [0, 0.05) is 5.56 Å². The molecule has 0 atom stereocenters. The molecule has 0 aliphatic rings. The van der Waals surface area contributed by atoms with Gasteiger partial charge in [-0.05, 0) is 60.5 Å². The summed E-state index contributed by atoms with van der Waals surface area (Å²) in [5.74, 6) is 0.498. The van der Waals surface area contributed by atoms with Crippen molar-refractivity contribution in [2.45, 2.75) is 13.8 Å². The number of amides is 1. The molecule has 0 unspecified atom stereocenters. The average molecular weight is 332 g/mol. The van der Waals surface area contributed by atoms with Crippen LogP contribution in [0.1, 0.15) is 29.8 Å². The van der Waals surface area contributed by atoms with Gasteiger partial charge in [-0.1, -0.05) is 36.4 Å². The van der Waals surface area contributed by atoms with Crippen LogP contribution in [0.25, 0.3) is 10.8 Å². The molecule has 4 nitrogen and oxygen atoms in total. The molecule has 0 aliphatic carbocycles. The first-order valence-electron chi connectivity index (χ1n) is 8.24. The molecule has 0 fully saturated rings. The van der Waals surface area contributed by atoms with Crippen molar-refractivity contribution in [1.82, 2.24) is 5.43 Å². The van der Waals surface area contributed by atoms with Crippen molar-refractivity contribution in [3.05, 3.63) is 77.9 Å². The van der Waals surface area contributed by atoms with Crippen molar-refractivity contribution < 1.29 is 9.53 Å². The first kappa shape index (κ1) is 16.7. The molecule has 3 aromatic carbocycles. The van der Waals surface area contributed by atoms with Gasteiger partial charge in [0.15, 0.2) is 0 Å². The van der Waals surface area contributed by atoms with Crippen LogP contribution in [-0.2, 0) is 0 Å². The molecule has 25 heavy (non-hydrogen) atoms. The lowest BCUT2D eigenvalue weighted by Crippen LogP contribution is -2.19. The Hall–Kier alpha value is -3.14. The fourth-order valence-corrected chi connectivity index (χ4v) is 2.55. The Morgan fingerprint density at radius 1 is 0.960 bits per heavy atom. The standard InChI is InChI=1S/C21H20N2O2/c1-3-25-20-12-10-17(11-13-20)21(24)23-22-15(2)18-9-8-16-6-4-5-7-19(16)14-18/h4-14H,3H2,1-2H3,(H,23,24). The van der Waals surface area contributed by atoms with E-state index < -0.39 is 0 Å². The van der Waals surface area contributed by atoms with Gasteiger partial charge in [0.25, 0.3) is 5.91 Å². The molecule has 0 aromatic heterocycles. The van der Waals surface area contributed by atoms with Gasteiger partial charge >= 0.3 is 0 Å². The highest BCUT2D eigenvalue weighted by atomic mass is 16.5. The third kappa shape index (κ3) is 4.04. The van der Waals surface area contributed by atoms with Crippen LogP contribution >= 0.6 is 0 Å². The third-order valence-corrected chi connectivity index (χ3v) is 3.92. The van der Waals surface area contributed by atoms with E-state index in [1.165, 1.54) is 5.39 Å². The van der Waals surface area contributed by atoms with E-state index in [0.29, 0.717) is 12.2 Å². The highest BCUT2D eigenvalue weighted by molar-refractivity contribution is 6.03. The molecule has 0 bridgehead atoms. The van der Waals surface area contributed by atoms with Crippen LogP contribution in [0, 0.1) is 0 Å². The molecular weight excluding hydrogens is 312 g/mol. The molecule has 126 valence electrons. The first-order valence-corrected chi connectivity index (χ1v) is 8.24. The van der Waals surface area contributed by atoms with E-state index in [0.717, 1.165) is 22.4 Å². The predicted octanol–water partition coefficient (Wildman–Crippen LogP) is 4.39. The van der Waals surface area contributed by atoms with E-state index in [1.54, 1.807) is 24.3 Å². The van der Waals surface area contributed by atoms with Crippen LogP contribution in [-0.4, -0.2) is 18.2 Å². The Balaban J connectivity index is 1.72. The van der Waals surface area contributed by atoms with E-state index in [1.807, 2.05) is 32.0 Å². The van der Waals surface area contributed by atoms with E-state index in [4.69, 9.17) is 4.74 Å². The monoisotopic (exact) mass is 332 g/mol. The number of ether oxygens (including phenoxy) is 1.